The predicted octanol–water partition coefficient (Wildman–Crippen LogP) is 35.5. The van der Waals surface area contributed by atoms with E-state index in [0.717, 1.165) is 0 Å². The van der Waals surface area contributed by atoms with Crippen molar-refractivity contribution in [2.75, 3.05) is 0 Å². The second kappa shape index (κ2) is 38.7. The van der Waals surface area contributed by atoms with Crippen LogP contribution in [0.1, 0.15) is 184 Å². The summed E-state index contributed by atoms with van der Waals surface area (Å²) in [4.78, 5) is 0. The normalized spacial score (nSPS) is 11.8. The minimum Gasteiger partial charge on any atom is -0.309 e. The zero-order chi connectivity index (χ0) is 89.8. The number of rotatable bonds is 5. The molecule has 0 N–H and O–H groups in total. The molecular weight excluding hydrogens is 1520 g/mol. The molecule has 0 spiro atoms. The molecule has 126 heavy (non-hydrogen) atoms. The summed E-state index contributed by atoms with van der Waals surface area (Å²) < 4.78 is 4.73. The van der Waals surface area contributed by atoms with Crippen molar-refractivity contribution in [1.29, 1.82) is 0 Å². The molecule has 0 aliphatic heterocycles. The molecule has 0 atom stereocenters. The van der Waals surface area contributed by atoms with Gasteiger partial charge in [-0.25, -0.2) is 0 Å². The standard InChI is InChI=1S/2C22H21N.C22H20.3C16H18.C10H14/c1-22(2,3)16-13-14-21-19(15-16)18-11-7-8-12-20(18)23(21)17-9-5-4-6-10-17;1-22(2,3)16-13-14-19-18-11-7-8-12-20(18)23(21(19)15-16)17-9-5-4-6-10-17;1-22(2,3)15-12-13-20-18-10-5-4-8-16(18)17-9-6-7-11-19(17)21(20)14-15;1-16(2,3)15-12-8-7-11-14(15)13-9-5-4-6-10-13;1-16(2,3)15-11-7-10-14(12-15)13-8-5-4-6-9-13;1-16(2,3)15-11-9-14(10-12-15)13-7-5-4-6-8-13;1-10(2,3)9-7-5-4-6-8-9/h2*4-15H,1-3H3;4-14H,1-3H3;3*4-12H,1-3H3;4-8H,1-3H3. The highest BCUT2D eigenvalue weighted by molar-refractivity contribution is 6.25. The summed E-state index contributed by atoms with van der Waals surface area (Å²) in [5, 5.41) is 13.4. The number of hydrogen-bond donors (Lipinski definition) is 0. The summed E-state index contributed by atoms with van der Waals surface area (Å²) in [7, 11) is 0. The van der Waals surface area contributed by atoms with Gasteiger partial charge in [0.05, 0.1) is 22.1 Å². The van der Waals surface area contributed by atoms with Crippen molar-refractivity contribution in [2.45, 2.75) is 183 Å². The molecule has 0 saturated heterocycles. The van der Waals surface area contributed by atoms with Crippen molar-refractivity contribution in [2.24, 2.45) is 0 Å². The zero-order valence-electron chi connectivity index (χ0n) is 78.6. The molecule has 0 aliphatic rings. The number of benzene rings is 17. The lowest BCUT2D eigenvalue weighted by molar-refractivity contribution is 0.590. The second-order valence-electron chi connectivity index (χ2n) is 40.6. The first-order valence-corrected chi connectivity index (χ1v) is 45.0. The molecule has 2 heteroatoms. The van der Waals surface area contributed by atoms with Gasteiger partial charge < -0.3 is 9.13 Å². The monoisotopic (exact) mass is 1650 g/mol. The maximum Gasteiger partial charge on any atom is 0.0544 e. The number of hydrogen-bond acceptors (Lipinski definition) is 0. The van der Waals surface area contributed by atoms with E-state index in [1.807, 2.05) is 6.07 Å². The minimum atomic E-state index is 0.145. The highest BCUT2D eigenvalue weighted by Gasteiger charge is 2.24. The van der Waals surface area contributed by atoms with Gasteiger partial charge in [0.2, 0.25) is 0 Å². The van der Waals surface area contributed by atoms with Gasteiger partial charge in [-0.3, -0.25) is 0 Å². The molecule has 0 saturated carbocycles. The molecular formula is C124H130N2. The topological polar surface area (TPSA) is 9.86 Å². The third-order valence-corrected chi connectivity index (χ3v) is 23.9. The van der Waals surface area contributed by atoms with Gasteiger partial charge >= 0.3 is 0 Å². The highest BCUT2D eigenvalue weighted by atomic mass is 15.0. The average molecular weight is 1650 g/mol. The van der Waals surface area contributed by atoms with E-state index in [4.69, 9.17) is 0 Å². The van der Waals surface area contributed by atoms with Gasteiger partial charge in [0.25, 0.3) is 0 Å². The molecule has 19 rings (SSSR count). The first kappa shape index (κ1) is 90.8. The Kier molecular flexibility index (Phi) is 27.9. The van der Waals surface area contributed by atoms with Crippen LogP contribution in [0.4, 0.5) is 0 Å². The summed E-state index contributed by atoms with van der Waals surface area (Å²) in [6, 6.07) is 145. The predicted molar refractivity (Wildman–Crippen MR) is 553 cm³/mol. The molecule has 0 radical (unpaired) electrons. The third-order valence-electron chi connectivity index (χ3n) is 23.9. The van der Waals surface area contributed by atoms with E-state index >= 15 is 0 Å². The summed E-state index contributed by atoms with van der Waals surface area (Å²) in [5.41, 5.74) is 26.4. The van der Waals surface area contributed by atoms with Crippen molar-refractivity contribution in [1.82, 2.24) is 9.13 Å². The summed E-state index contributed by atoms with van der Waals surface area (Å²) >= 11 is 0. The van der Waals surface area contributed by atoms with Crippen LogP contribution in [0.15, 0.2) is 406 Å². The van der Waals surface area contributed by atoms with E-state index < -0.39 is 0 Å². The fraction of sp³-hybridized carbons (Fsp3) is 0.226. The van der Waals surface area contributed by atoms with Gasteiger partial charge in [0, 0.05) is 32.9 Å². The van der Waals surface area contributed by atoms with Crippen LogP contribution in [0.25, 0.3) is 121 Å². The van der Waals surface area contributed by atoms with Crippen molar-refractivity contribution in [3.8, 4) is 44.8 Å². The Labute approximate surface area is 753 Å². The van der Waals surface area contributed by atoms with Crippen LogP contribution < -0.4 is 0 Å². The molecule has 636 valence electrons. The van der Waals surface area contributed by atoms with Gasteiger partial charge in [0.15, 0.2) is 0 Å². The van der Waals surface area contributed by atoms with Crippen LogP contribution in [0, 0.1) is 0 Å². The number of nitrogens with zero attached hydrogens (tertiary/aromatic N) is 2. The molecule has 2 heterocycles. The van der Waals surface area contributed by atoms with Crippen LogP contribution in [0.3, 0.4) is 0 Å². The number of aromatic nitrogens is 2. The lowest BCUT2D eigenvalue weighted by atomic mass is 9.82. The van der Waals surface area contributed by atoms with Crippen LogP contribution in [-0.2, 0) is 37.9 Å². The van der Waals surface area contributed by atoms with Crippen LogP contribution in [-0.4, -0.2) is 9.13 Å². The summed E-state index contributed by atoms with van der Waals surface area (Å²) in [6.45, 7) is 47.3. The van der Waals surface area contributed by atoms with Crippen molar-refractivity contribution < 1.29 is 0 Å². The molecule has 0 aliphatic carbocycles. The Hall–Kier alpha value is -12.9. The second-order valence-corrected chi connectivity index (χ2v) is 40.6. The van der Waals surface area contributed by atoms with Crippen molar-refractivity contribution in [3.63, 3.8) is 0 Å². The van der Waals surface area contributed by atoms with Gasteiger partial charge in [-0.1, -0.05) is 491 Å². The minimum absolute atomic E-state index is 0.145. The van der Waals surface area contributed by atoms with E-state index in [1.54, 1.807) is 0 Å². The Morgan fingerprint density at radius 2 is 0.413 bits per heavy atom. The number of fused-ring (bicyclic) bond motifs is 12. The maximum absolute atomic E-state index is 2.38. The van der Waals surface area contributed by atoms with Crippen molar-refractivity contribution >= 4 is 75.9 Å². The molecule has 2 aromatic heterocycles. The van der Waals surface area contributed by atoms with Gasteiger partial charge in [-0.15, -0.1) is 0 Å². The Morgan fingerprint density at radius 3 is 0.857 bits per heavy atom. The fourth-order valence-electron chi connectivity index (χ4n) is 16.5. The molecule has 0 fully saturated rings. The zero-order valence-corrected chi connectivity index (χ0v) is 78.6. The summed E-state index contributed by atoms with van der Waals surface area (Å²) in [6.07, 6.45) is 0. The molecule has 17 aromatic carbocycles. The Bertz CT molecular complexity index is 6730. The highest BCUT2D eigenvalue weighted by Crippen LogP contribution is 2.41. The van der Waals surface area contributed by atoms with Crippen LogP contribution in [0.5, 0.6) is 0 Å². The lowest BCUT2D eigenvalue weighted by Gasteiger charge is -2.23. The van der Waals surface area contributed by atoms with Crippen LogP contribution >= 0.6 is 0 Å². The molecule has 0 unspecified atom stereocenters. The average Bonchev–Trinajstić information content (AvgIpc) is 1.63. The SMILES string of the molecule is CC(C)(C)c1ccc(-c2ccccc2)cc1.CC(C)(C)c1ccc2c(c1)c1ccccc1n2-c1ccccc1.CC(C)(C)c1ccc2c3ccccc3c3ccccc3c2c1.CC(C)(C)c1ccc2c3ccccc3n(-c3ccccc3)c2c1.CC(C)(C)c1cccc(-c2ccccc2)c1.CC(C)(C)c1ccccc1.CC(C)(C)c1ccccc1-c1ccccc1. The molecule has 2 nitrogen and oxygen atoms in total. The van der Waals surface area contributed by atoms with Gasteiger partial charge in [-0.05, 0) is 203 Å². The molecule has 0 amide bonds. The van der Waals surface area contributed by atoms with Gasteiger partial charge in [0.1, 0.15) is 0 Å². The Morgan fingerprint density at radius 1 is 0.143 bits per heavy atom. The van der Waals surface area contributed by atoms with Crippen LogP contribution in [0.2, 0.25) is 0 Å². The molecule has 0 bridgehead atoms. The first-order valence-electron chi connectivity index (χ1n) is 45.0. The number of para-hydroxylation sites is 4. The largest absolute Gasteiger partial charge is 0.309 e. The third kappa shape index (κ3) is 22.1. The lowest BCUT2D eigenvalue weighted by Crippen LogP contribution is -2.12. The smallest absolute Gasteiger partial charge is 0.0544 e. The maximum atomic E-state index is 2.38. The van der Waals surface area contributed by atoms with Crippen molar-refractivity contribution in [3.05, 3.63) is 445 Å². The van der Waals surface area contributed by atoms with E-state index in [0.29, 0.717) is 5.41 Å². The summed E-state index contributed by atoms with van der Waals surface area (Å²) in [5.74, 6) is 0. The molecule has 19 aromatic rings. The van der Waals surface area contributed by atoms with E-state index in [1.165, 1.54) is 160 Å². The van der Waals surface area contributed by atoms with Gasteiger partial charge in [-0.2, -0.15) is 0 Å². The van der Waals surface area contributed by atoms with E-state index in [9.17, 15) is 0 Å². The Balaban J connectivity index is 0.000000128. The quantitative estimate of drug-likeness (QED) is 0.152. The first-order chi connectivity index (χ1) is 60.0. The van der Waals surface area contributed by atoms with E-state index in [2.05, 4.69) is 555 Å². The van der Waals surface area contributed by atoms with E-state index in [-0.39, 0.29) is 32.5 Å². The fourth-order valence-corrected chi connectivity index (χ4v) is 16.5.